The zero-order valence-corrected chi connectivity index (χ0v) is 14.6. The van der Waals surface area contributed by atoms with E-state index in [1.165, 1.54) is 12.1 Å². The topological polar surface area (TPSA) is 45.1 Å². The number of hydrogen-bond acceptors (Lipinski definition) is 4. The Hall–Kier alpha value is -2.11. The van der Waals surface area contributed by atoms with Gasteiger partial charge in [0, 0.05) is 22.4 Å². The predicted octanol–water partition coefficient (Wildman–Crippen LogP) is 3.92. The quantitative estimate of drug-likeness (QED) is 0.803. The van der Waals surface area contributed by atoms with Crippen molar-refractivity contribution in [3.8, 4) is 11.5 Å². The van der Waals surface area contributed by atoms with Crippen LogP contribution in [0.15, 0.2) is 41.4 Å². The van der Waals surface area contributed by atoms with E-state index in [4.69, 9.17) is 16.3 Å². The van der Waals surface area contributed by atoms with Crippen LogP contribution in [0.4, 0.5) is 4.39 Å². The summed E-state index contributed by atoms with van der Waals surface area (Å²) in [5.41, 5.74) is 0.947. The van der Waals surface area contributed by atoms with Crippen molar-refractivity contribution in [1.82, 2.24) is 4.90 Å². The maximum Gasteiger partial charge on any atom is 0.129 e. The summed E-state index contributed by atoms with van der Waals surface area (Å²) in [7, 11) is 5.23. The van der Waals surface area contributed by atoms with Gasteiger partial charge in [-0.15, -0.1) is 0 Å². The Morgan fingerprint density at radius 2 is 2.08 bits per heavy atom. The van der Waals surface area contributed by atoms with Crippen molar-refractivity contribution in [3.63, 3.8) is 0 Å². The lowest BCUT2D eigenvalue weighted by molar-refractivity contribution is 0.299. The Labute approximate surface area is 146 Å². The summed E-state index contributed by atoms with van der Waals surface area (Å²) in [6.45, 7) is 0.296. The van der Waals surface area contributed by atoms with Gasteiger partial charge in [-0.2, -0.15) is 0 Å². The van der Waals surface area contributed by atoms with Crippen molar-refractivity contribution in [2.75, 3.05) is 27.7 Å². The van der Waals surface area contributed by atoms with E-state index in [1.54, 1.807) is 37.6 Å². The molecule has 0 aliphatic heterocycles. The lowest BCUT2D eigenvalue weighted by atomic mass is 10.1. The number of methoxy groups -OCH3 is 1. The zero-order chi connectivity index (χ0) is 17.7. The predicted molar refractivity (Wildman–Crippen MR) is 95.0 cm³/mol. The molecule has 2 aromatic rings. The number of aromatic hydroxyl groups is 1. The molecular formula is C18H20ClFN2O2. The van der Waals surface area contributed by atoms with Gasteiger partial charge >= 0.3 is 0 Å². The molecular weight excluding hydrogens is 331 g/mol. The summed E-state index contributed by atoms with van der Waals surface area (Å²) in [5, 5.41) is 10.2. The molecule has 128 valence electrons. The fourth-order valence-corrected chi connectivity index (χ4v) is 2.64. The SMILES string of the molecule is COc1ccc(O)c(C=NC[C@H](c2c(F)cccc2Cl)N(C)C)c1. The van der Waals surface area contributed by atoms with Gasteiger partial charge < -0.3 is 14.7 Å². The first-order chi connectivity index (χ1) is 11.4. The molecule has 0 unspecified atom stereocenters. The van der Waals surface area contributed by atoms with Crippen LogP contribution in [0.1, 0.15) is 17.2 Å². The second-order valence-corrected chi connectivity index (χ2v) is 5.94. The molecule has 1 N–H and O–H groups in total. The molecule has 0 spiro atoms. The summed E-state index contributed by atoms with van der Waals surface area (Å²) in [6, 6.07) is 9.18. The minimum Gasteiger partial charge on any atom is -0.507 e. The summed E-state index contributed by atoms with van der Waals surface area (Å²) >= 11 is 6.15. The number of phenolic OH excluding ortho intramolecular Hbond substituents is 1. The van der Waals surface area contributed by atoms with Gasteiger partial charge in [-0.05, 0) is 44.4 Å². The molecule has 0 aliphatic rings. The van der Waals surface area contributed by atoms with Gasteiger partial charge in [-0.1, -0.05) is 17.7 Å². The number of ether oxygens (including phenoxy) is 1. The number of nitrogens with zero attached hydrogens (tertiary/aromatic N) is 2. The number of hydrogen-bond donors (Lipinski definition) is 1. The molecule has 0 aliphatic carbocycles. The van der Waals surface area contributed by atoms with Crippen LogP contribution in [0.25, 0.3) is 0 Å². The van der Waals surface area contributed by atoms with Gasteiger partial charge in [0.2, 0.25) is 0 Å². The molecule has 0 aromatic heterocycles. The maximum atomic E-state index is 14.2. The first kappa shape index (κ1) is 18.2. The second-order valence-electron chi connectivity index (χ2n) is 5.53. The molecule has 0 saturated heterocycles. The standard InChI is InChI=1S/C18H20ClFN2O2/c1-22(2)16(18-14(19)5-4-6-15(18)20)11-21-10-12-9-13(24-3)7-8-17(12)23/h4-10,16,23H,11H2,1-3H3/t16-/m1/s1. The molecule has 0 saturated carbocycles. The van der Waals surface area contributed by atoms with Gasteiger partial charge in [0.05, 0.1) is 19.7 Å². The molecule has 0 radical (unpaired) electrons. The molecule has 0 heterocycles. The van der Waals surface area contributed by atoms with Crippen LogP contribution in [0.3, 0.4) is 0 Å². The molecule has 4 nitrogen and oxygen atoms in total. The number of rotatable bonds is 6. The van der Waals surface area contributed by atoms with E-state index < -0.39 is 0 Å². The molecule has 2 rings (SSSR count). The van der Waals surface area contributed by atoms with E-state index in [2.05, 4.69) is 4.99 Å². The number of aliphatic imine (C=N–C) groups is 1. The largest absolute Gasteiger partial charge is 0.507 e. The summed E-state index contributed by atoms with van der Waals surface area (Å²) in [4.78, 5) is 6.20. The molecule has 0 amide bonds. The summed E-state index contributed by atoms with van der Waals surface area (Å²) in [5.74, 6) is 0.362. The van der Waals surface area contributed by atoms with E-state index in [0.717, 1.165) is 0 Å². The van der Waals surface area contributed by atoms with Gasteiger partial charge in [-0.3, -0.25) is 4.99 Å². The first-order valence-electron chi connectivity index (χ1n) is 7.41. The van der Waals surface area contributed by atoms with Gasteiger partial charge in [0.15, 0.2) is 0 Å². The van der Waals surface area contributed by atoms with E-state index in [0.29, 0.717) is 28.4 Å². The first-order valence-corrected chi connectivity index (χ1v) is 7.79. The monoisotopic (exact) mass is 350 g/mol. The Bertz CT molecular complexity index is 715. The van der Waals surface area contributed by atoms with Gasteiger partial charge in [0.1, 0.15) is 17.3 Å². The third kappa shape index (κ3) is 4.24. The lowest BCUT2D eigenvalue weighted by Gasteiger charge is -2.24. The average Bonchev–Trinajstić information content (AvgIpc) is 2.54. The van der Waals surface area contributed by atoms with Crippen LogP contribution in [0.5, 0.6) is 11.5 Å². The molecule has 24 heavy (non-hydrogen) atoms. The highest BCUT2D eigenvalue weighted by atomic mass is 35.5. The second kappa shape index (κ2) is 8.13. The summed E-state index contributed by atoms with van der Waals surface area (Å²) in [6.07, 6.45) is 1.54. The number of halogens is 2. The van der Waals surface area contributed by atoms with Crippen LogP contribution >= 0.6 is 11.6 Å². The van der Waals surface area contributed by atoms with Crippen molar-refractivity contribution < 1.29 is 14.2 Å². The van der Waals surface area contributed by atoms with Crippen molar-refractivity contribution in [2.24, 2.45) is 4.99 Å². The van der Waals surface area contributed by atoms with Crippen molar-refractivity contribution in [2.45, 2.75) is 6.04 Å². The highest BCUT2D eigenvalue weighted by Crippen LogP contribution is 2.29. The number of phenols is 1. The Kier molecular flexibility index (Phi) is 6.17. The Morgan fingerprint density at radius 3 is 2.71 bits per heavy atom. The van der Waals surface area contributed by atoms with E-state index in [-0.39, 0.29) is 17.6 Å². The van der Waals surface area contributed by atoms with Crippen molar-refractivity contribution in [1.29, 1.82) is 0 Å². The fraction of sp³-hybridized carbons (Fsp3) is 0.278. The minimum atomic E-state index is -0.361. The van der Waals surface area contributed by atoms with Gasteiger partial charge in [-0.25, -0.2) is 4.39 Å². The average molecular weight is 351 g/mol. The van der Waals surface area contributed by atoms with Crippen molar-refractivity contribution in [3.05, 3.63) is 58.4 Å². The van der Waals surface area contributed by atoms with Crippen LogP contribution in [0.2, 0.25) is 5.02 Å². The molecule has 1 atom stereocenters. The third-order valence-electron chi connectivity index (χ3n) is 3.70. The van der Waals surface area contributed by atoms with Crippen LogP contribution in [-0.4, -0.2) is 44.0 Å². The zero-order valence-electron chi connectivity index (χ0n) is 13.8. The summed E-state index contributed by atoms with van der Waals surface area (Å²) < 4.78 is 19.3. The number of benzene rings is 2. The smallest absolute Gasteiger partial charge is 0.129 e. The van der Waals surface area contributed by atoms with Crippen molar-refractivity contribution >= 4 is 17.8 Å². The number of likely N-dealkylation sites (N-methyl/N-ethyl adjacent to an activating group) is 1. The highest BCUT2D eigenvalue weighted by molar-refractivity contribution is 6.31. The van der Waals surface area contributed by atoms with Crippen LogP contribution < -0.4 is 4.74 Å². The van der Waals surface area contributed by atoms with Gasteiger partial charge in [0.25, 0.3) is 0 Å². The Morgan fingerprint density at radius 1 is 1.33 bits per heavy atom. The fourth-order valence-electron chi connectivity index (χ4n) is 2.36. The van der Waals surface area contributed by atoms with Crippen LogP contribution in [0, 0.1) is 5.82 Å². The van der Waals surface area contributed by atoms with E-state index in [1.807, 2.05) is 19.0 Å². The molecule has 0 bridgehead atoms. The highest BCUT2D eigenvalue weighted by Gasteiger charge is 2.20. The Balaban J connectivity index is 2.24. The molecule has 6 heteroatoms. The molecule has 2 aromatic carbocycles. The van der Waals surface area contributed by atoms with E-state index in [9.17, 15) is 9.50 Å². The normalized spacial score (nSPS) is 12.8. The lowest BCUT2D eigenvalue weighted by Crippen LogP contribution is -2.24. The van der Waals surface area contributed by atoms with E-state index >= 15 is 0 Å². The molecule has 0 fully saturated rings. The third-order valence-corrected chi connectivity index (χ3v) is 4.03. The van der Waals surface area contributed by atoms with Crippen LogP contribution in [-0.2, 0) is 0 Å². The maximum absolute atomic E-state index is 14.2. The minimum absolute atomic E-state index is 0.102.